The average molecular weight is 358 g/mol. The molecule has 0 unspecified atom stereocenters. The van der Waals surface area contributed by atoms with Gasteiger partial charge in [0.05, 0.1) is 11.4 Å². The normalized spacial score (nSPS) is 16.7. The van der Waals surface area contributed by atoms with E-state index in [1.165, 1.54) is 4.31 Å². The number of carbonyl (C=O) groups excluding carboxylic acids is 1. The SMILES string of the molecule is Cc1ccc(S(=O)(=O)N2CCN(CC(=O)c3ccccc3)CC2)cc1. The predicted octanol–water partition coefficient (Wildman–Crippen LogP) is 2.18. The molecule has 0 N–H and O–H groups in total. The molecule has 6 heteroatoms. The Balaban J connectivity index is 1.60. The Bertz CT molecular complexity index is 825. The Morgan fingerprint density at radius 3 is 2.12 bits per heavy atom. The van der Waals surface area contributed by atoms with Gasteiger partial charge in [-0.05, 0) is 19.1 Å². The lowest BCUT2D eigenvalue weighted by molar-refractivity contribution is 0.0901. The summed E-state index contributed by atoms with van der Waals surface area (Å²) in [5.74, 6) is 0.0652. The third-order valence-corrected chi connectivity index (χ3v) is 6.37. The number of Topliss-reactive ketones (excluding diaryl/α,β-unsaturated/α-hetero) is 1. The molecular formula is C19H22N2O3S. The molecule has 5 nitrogen and oxygen atoms in total. The first-order valence-corrected chi connectivity index (χ1v) is 9.78. The van der Waals surface area contributed by atoms with Gasteiger partial charge in [-0.3, -0.25) is 9.69 Å². The number of aryl methyl sites for hydroxylation is 1. The van der Waals surface area contributed by atoms with Crippen LogP contribution in [0, 0.1) is 6.92 Å². The lowest BCUT2D eigenvalue weighted by atomic mass is 10.1. The van der Waals surface area contributed by atoms with Gasteiger partial charge in [0.25, 0.3) is 0 Å². The fourth-order valence-corrected chi connectivity index (χ4v) is 4.33. The lowest BCUT2D eigenvalue weighted by Gasteiger charge is -2.33. The van der Waals surface area contributed by atoms with E-state index in [9.17, 15) is 13.2 Å². The maximum Gasteiger partial charge on any atom is 0.243 e. The van der Waals surface area contributed by atoms with Crippen molar-refractivity contribution in [3.8, 4) is 0 Å². The van der Waals surface area contributed by atoms with Gasteiger partial charge < -0.3 is 0 Å². The number of hydrogen-bond donors (Lipinski definition) is 0. The first-order valence-electron chi connectivity index (χ1n) is 8.34. The second-order valence-electron chi connectivity index (χ2n) is 6.28. The van der Waals surface area contributed by atoms with E-state index in [0.717, 1.165) is 5.56 Å². The quantitative estimate of drug-likeness (QED) is 0.769. The highest BCUT2D eigenvalue weighted by atomic mass is 32.2. The van der Waals surface area contributed by atoms with Crippen LogP contribution in [-0.4, -0.2) is 56.1 Å². The van der Waals surface area contributed by atoms with Crippen LogP contribution in [-0.2, 0) is 10.0 Å². The number of sulfonamides is 1. The van der Waals surface area contributed by atoms with Crippen molar-refractivity contribution in [2.45, 2.75) is 11.8 Å². The molecule has 2 aromatic rings. The molecule has 1 heterocycles. The highest BCUT2D eigenvalue weighted by molar-refractivity contribution is 7.89. The molecule has 0 saturated carbocycles. The summed E-state index contributed by atoms with van der Waals surface area (Å²) in [6, 6.07) is 16.1. The molecule has 0 atom stereocenters. The number of rotatable bonds is 5. The molecule has 0 bridgehead atoms. The van der Waals surface area contributed by atoms with Crippen molar-refractivity contribution in [1.82, 2.24) is 9.21 Å². The largest absolute Gasteiger partial charge is 0.293 e. The third-order valence-electron chi connectivity index (χ3n) is 4.45. The van der Waals surface area contributed by atoms with Crippen LogP contribution in [0.5, 0.6) is 0 Å². The van der Waals surface area contributed by atoms with Gasteiger partial charge in [-0.15, -0.1) is 0 Å². The van der Waals surface area contributed by atoms with Crippen LogP contribution in [0.1, 0.15) is 15.9 Å². The molecule has 2 aromatic carbocycles. The first kappa shape index (κ1) is 17.8. The minimum atomic E-state index is -3.46. The molecule has 3 rings (SSSR count). The molecule has 1 aliphatic heterocycles. The van der Waals surface area contributed by atoms with Gasteiger partial charge in [0.15, 0.2) is 5.78 Å². The number of piperazine rings is 1. The molecule has 0 radical (unpaired) electrons. The van der Waals surface area contributed by atoms with Crippen molar-refractivity contribution < 1.29 is 13.2 Å². The maximum absolute atomic E-state index is 12.7. The molecule has 0 aliphatic carbocycles. The van der Waals surface area contributed by atoms with Crippen molar-refractivity contribution in [3.05, 3.63) is 65.7 Å². The first-order chi connectivity index (χ1) is 12.0. The molecular weight excluding hydrogens is 336 g/mol. The van der Waals surface area contributed by atoms with Crippen molar-refractivity contribution in [2.75, 3.05) is 32.7 Å². The van der Waals surface area contributed by atoms with E-state index >= 15 is 0 Å². The van der Waals surface area contributed by atoms with Crippen LogP contribution < -0.4 is 0 Å². The summed E-state index contributed by atoms with van der Waals surface area (Å²) in [5.41, 5.74) is 1.72. The smallest absolute Gasteiger partial charge is 0.243 e. The number of ketones is 1. The van der Waals surface area contributed by atoms with E-state index in [4.69, 9.17) is 0 Å². The summed E-state index contributed by atoms with van der Waals surface area (Å²) in [6.45, 7) is 4.17. The van der Waals surface area contributed by atoms with E-state index < -0.39 is 10.0 Å². The van der Waals surface area contributed by atoms with E-state index in [2.05, 4.69) is 0 Å². The molecule has 0 aromatic heterocycles. The zero-order valence-corrected chi connectivity index (χ0v) is 15.1. The van der Waals surface area contributed by atoms with Gasteiger partial charge in [0, 0.05) is 31.7 Å². The molecule has 1 aliphatic rings. The highest BCUT2D eigenvalue weighted by Gasteiger charge is 2.29. The van der Waals surface area contributed by atoms with Gasteiger partial charge in [-0.25, -0.2) is 8.42 Å². The predicted molar refractivity (Wildman–Crippen MR) is 97.2 cm³/mol. The summed E-state index contributed by atoms with van der Waals surface area (Å²) in [6.07, 6.45) is 0. The van der Waals surface area contributed by atoms with Crippen LogP contribution in [0.15, 0.2) is 59.5 Å². The maximum atomic E-state index is 12.7. The van der Waals surface area contributed by atoms with Gasteiger partial charge >= 0.3 is 0 Å². The zero-order valence-electron chi connectivity index (χ0n) is 14.3. The number of nitrogens with zero attached hydrogens (tertiary/aromatic N) is 2. The molecule has 1 fully saturated rings. The molecule has 0 spiro atoms. The second kappa shape index (κ2) is 7.47. The topological polar surface area (TPSA) is 57.7 Å². The number of carbonyl (C=O) groups is 1. The Kier molecular flexibility index (Phi) is 5.32. The van der Waals surface area contributed by atoms with Crippen molar-refractivity contribution in [1.29, 1.82) is 0 Å². The highest BCUT2D eigenvalue weighted by Crippen LogP contribution is 2.18. The Morgan fingerprint density at radius 2 is 1.52 bits per heavy atom. The van der Waals surface area contributed by atoms with E-state index in [-0.39, 0.29) is 5.78 Å². The van der Waals surface area contributed by atoms with Gasteiger partial charge in [-0.1, -0.05) is 48.0 Å². The molecule has 0 amide bonds. The minimum absolute atomic E-state index is 0.0652. The minimum Gasteiger partial charge on any atom is -0.293 e. The monoisotopic (exact) mass is 358 g/mol. The summed E-state index contributed by atoms with van der Waals surface area (Å²) in [4.78, 5) is 14.6. The van der Waals surface area contributed by atoms with Gasteiger partial charge in [-0.2, -0.15) is 4.31 Å². The van der Waals surface area contributed by atoms with E-state index in [1.54, 1.807) is 24.3 Å². The molecule has 25 heavy (non-hydrogen) atoms. The van der Waals surface area contributed by atoms with Crippen LogP contribution in [0.25, 0.3) is 0 Å². The lowest BCUT2D eigenvalue weighted by Crippen LogP contribution is -2.49. The van der Waals surface area contributed by atoms with Gasteiger partial charge in [0.2, 0.25) is 10.0 Å². The fraction of sp³-hybridized carbons (Fsp3) is 0.316. The summed E-state index contributed by atoms with van der Waals surface area (Å²) < 4.78 is 26.9. The van der Waals surface area contributed by atoms with Crippen molar-refractivity contribution >= 4 is 15.8 Å². The molecule has 132 valence electrons. The average Bonchev–Trinajstić information content (AvgIpc) is 2.63. The molecule has 1 saturated heterocycles. The Labute approximate surface area is 148 Å². The van der Waals surface area contributed by atoms with E-state index in [0.29, 0.717) is 43.2 Å². The second-order valence-corrected chi connectivity index (χ2v) is 8.22. The number of benzene rings is 2. The van der Waals surface area contributed by atoms with Gasteiger partial charge in [0.1, 0.15) is 0 Å². The Hall–Kier alpha value is -2.02. The summed E-state index contributed by atoms with van der Waals surface area (Å²) in [5, 5.41) is 0. The summed E-state index contributed by atoms with van der Waals surface area (Å²) in [7, 11) is -3.46. The standard InChI is InChI=1S/C19H22N2O3S/c1-16-7-9-18(10-8-16)25(23,24)21-13-11-20(12-14-21)15-19(22)17-5-3-2-4-6-17/h2-10H,11-15H2,1H3. The van der Waals surface area contributed by atoms with Crippen molar-refractivity contribution in [2.24, 2.45) is 0 Å². The van der Waals surface area contributed by atoms with Crippen molar-refractivity contribution in [3.63, 3.8) is 0 Å². The summed E-state index contributed by atoms with van der Waals surface area (Å²) >= 11 is 0. The van der Waals surface area contributed by atoms with Crippen LogP contribution in [0.4, 0.5) is 0 Å². The van der Waals surface area contributed by atoms with Crippen LogP contribution >= 0.6 is 0 Å². The Morgan fingerprint density at radius 1 is 0.920 bits per heavy atom. The van der Waals surface area contributed by atoms with E-state index in [1.807, 2.05) is 42.2 Å². The fourth-order valence-electron chi connectivity index (χ4n) is 2.91. The number of hydrogen-bond acceptors (Lipinski definition) is 4. The third kappa shape index (κ3) is 4.15. The van der Waals surface area contributed by atoms with Crippen LogP contribution in [0.3, 0.4) is 0 Å². The van der Waals surface area contributed by atoms with Crippen LogP contribution in [0.2, 0.25) is 0 Å². The zero-order chi connectivity index (χ0) is 17.9.